The number of benzene rings is 2. The molecule has 2 aromatic rings. The fourth-order valence-corrected chi connectivity index (χ4v) is 3.64. The van der Waals surface area contributed by atoms with Crippen LogP contribution in [0.2, 0.25) is 0 Å². The summed E-state index contributed by atoms with van der Waals surface area (Å²) in [5, 5.41) is 8.72. The third-order valence-electron chi connectivity index (χ3n) is 5.64. The first-order valence-corrected chi connectivity index (χ1v) is 12.6. The summed E-state index contributed by atoms with van der Waals surface area (Å²) in [5.74, 6) is 0.911. The van der Waals surface area contributed by atoms with Crippen LogP contribution in [0, 0.1) is 0 Å². The quantitative estimate of drug-likeness (QED) is 0.184. The van der Waals surface area contributed by atoms with Crippen LogP contribution in [-0.2, 0) is 6.42 Å². The predicted molar refractivity (Wildman–Crippen MR) is 133 cm³/mol. The molecule has 0 fully saturated rings. The number of ether oxygens (including phenoxy) is 1. The molecule has 3 nitrogen and oxygen atoms in total. The van der Waals surface area contributed by atoms with Crippen LogP contribution < -0.4 is 4.74 Å². The number of aryl methyl sites for hydroxylation is 1. The minimum atomic E-state index is 0.792. The van der Waals surface area contributed by atoms with Crippen molar-refractivity contribution in [2.24, 2.45) is 10.2 Å². The molecule has 0 unspecified atom stereocenters. The van der Waals surface area contributed by atoms with Gasteiger partial charge in [0.15, 0.2) is 0 Å². The van der Waals surface area contributed by atoms with Crippen molar-refractivity contribution in [1.82, 2.24) is 0 Å². The van der Waals surface area contributed by atoms with Gasteiger partial charge in [-0.05, 0) is 61.2 Å². The van der Waals surface area contributed by atoms with Crippen LogP contribution in [0.5, 0.6) is 5.75 Å². The third kappa shape index (κ3) is 11.7. The van der Waals surface area contributed by atoms with Crippen molar-refractivity contribution >= 4 is 11.4 Å². The zero-order valence-electron chi connectivity index (χ0n) is 19.8. The Balaban J connectivity index is 1.63. The first-order chi connectivity index (χ1) is 15.3. The third-order valence-corrected chi connectivity index (χ3v) is 5.64. The van der Waals surface area contributed by atoms with E-state index in [4.69, 9.17) is 4.74 Å². The highest BCUT2D eigenvalue weighted by atomic mass is 16.5. The lowest BCUT2D eigenvalue weighted by Crippen LogP contribution is -1.96. The lowest BCUT2D eigenvalue weighted by atomic mass is 10.1. The van der Waals surface area contributed by atoms with Gasteiger partial charge in [0.2, 0.25) is 0 Å². The van der Waals surface area contributed by atoms with Crippen molar-refractivity contribution in [3.05, 3.63) is 54.1 Å². The lowest BCUT2D eigenvalue weighted by Gasteiger charge is -2.06. The number of nitrogens with zero attached hydrogens (tertiary/aromatic N) is 2. The summed E-state index contributed by atoms with van der Waals surface area (Å²) in [6.45, 7) is 5.31. The SMILES string of the molecule is CCCCCCCCCCOc1ccc(N=Nc2ccc(CCCCCC)cc2)cc1. The molecule has 31 heavy (non-hydrogen) atoms. The summed E-state index contributed by atoms with van der Waals surface area (Å²) in [7, 11) is 0. The molecule has 0 radical (unpaired) electrons. The Morgan fingerprint density at radius 2 is 1.03 bits per heavy atom. The van der Waals surface area contributed by atoms with Crippen molar-refractivity contribution in [2.75, 3.05) is 6.61 Å². The normalized spacial score (nSPS) is 11.3. The topological polar surface area (TPSA) is 34.0 Å². The van der Waals surface area contributed by atoms with Crippen molar-refractivity contribution in [1.29, 1.82) is 0 Å². The van der Waals surface area contributed by atoms with E-state index in [-0.39, 0.29) is 0 Å². The van der Waals surface area contributed by atoms with E-state index >= 15 is 0 Å². The maximum Gasteiger partial charge on any atom is 0.119 e. The molecule has 0 bridgehead atoms. The van der Waals surface area contributed by atoms with E-state index in [2.05, 4.69) is 48.3 Å². The predicted octanol–water partition coefficient (Wildman–Crippen LogP) is 9.74. The molecule has 0 amide bonds. The van der Waals surface area contributed by atoms with Gasteiger partial charge < -0.3 is 4.74 Å². The molecule has 0 aromatic heterocycles. The second-order valence-electron chi connectivity index (χ2n) is 8.49. The van der Waals surface area contributed by atoms with E-state index < -0.39 is 0 Å². The Morgan fingerprint density at radius 1 is 0.548 bits per heavy atom. The molecule has 2 aromatic carbocycles. The zero-order chi connectivity index (χ0) is 22.0. The van der Waals surface area contributed by atoms with Gasteiger partial charge >= 0.3 is 0 Å². The highest BCUT2D eigenvalue weighted by molar-refractivity contribution is 5.43. The molecule has 170 valence electrons. The van der Waals surface area contributed by atoms with Crippen LogP contribution in [0.1, 0.15) is 96.5 Å². The average Bonchev–Trinajstić information content (AvgIpc) is 2.81. The van der Waals surface area contributed by atoms with Crippen LogP contribution in [0.3, 0.4) is 0 Å². The molecule has 0 saturated carbocycles. The first-order valence-electron chi connectivity index (χ1n) is 12.6. The fourth-order valence-electron chi connectivity index (χ4n) is 3.64. The smallest absolute Gasteiger partial charge is 0.119 e. The van der Waals surface area contributed by atoms with Crippen molar-refractivity contribution in [3.8, 4) is 5.75 Å². The van der Waals surface area contributed by atoms with E-state index in [1.807, 2.05) is 24.3 Å². The molecule has 0 N–H and O–H groups in total. The van der Waals surface area contributed by atoms with Gasteiger partial charge in [0.25, 0.3) is 0 Å². The largest absolute Gasteiger partial charge is 0.494 e. The number of azo groups is 1. The summed E-state index contributed by atoms with van der Waals surface area (Å²) >= 11 is 0. The molecule has 0 aliphatic heterocycles. The monoisotopic (exact) mass is 422 g/mol. The molecular weight excluding hydrogens is 380 g/mol. The van der Waals surface area contributed by atoms with Crippen LogP contribution in [0.15, 0.2) is 58.8 Å². The standard InChI is InChI=1S/C28H42N2O/c1-3-5-7-9-10-11-12-14-24-31-28-22-20-27(21-23-28)30-29-26-18-16-25(17-19-26)15-13-8-6-4-2/h16-23H,3-15,24H2,1-2H3. The maximum atomic E-state index is 5.86. The average molecular weight is 423 g/mol. The van der Waals surface area contributed by atoms with E-state index in [9.17, 15) is 0 Å². The number of rotatable bonds is 17. The van der Waals surface area contributed by atoms with Gasteiger partial charge in [-0.1, -0.05) is 90.2 Å². The van der Waals surface area contributed by atoms with Crippen LogP contribution in [0.4, 0.5) is 11.4 Å². The second kappa shape index (κ2) is 16.5. The van der Waals surface area contributed by atoms with Gasteiger partial charge in [0.05, 0.1) is 18.0 Å². The Kier molecular flexibility index (Phi) is 13.4. The molecule has 0 saturated heterocycles. The van der Waals surface area contributed by atoms with Crippen LogP contribution in [-0.4, -0.2) is 6.61 Å². The van der Waals surface area contributed by atoms with Crippen LogP contribution >= 0.6 is 0 Å². The lowest BCUT2D eigenvalue weighted by molar-refractivity contribution is 0.304. The second-order valence-corrected chi connectivity index (χ2v) is 8.49. The van der Waals surface area contributed by atoms with Gasteiger partial charge in [0.1, 0.15) is 5.75 Å². The number of unbranched alkanes of at least 4 members (excludes halogenated alkanes) is 10. The molecular formula is C28H42N2O. The molecule has 2 rings (SSSR count). The van der Waals surface area contributed by atoms with Gasteiger partial charge in [-0.25, -0.2) is 0 Å². The first kappa shape index (κ1) is 25.1. The van der Waals surface area contributed by atoms with Gasteiger partial charge in [-0.2, -0.15) is 10.2 Å². The Bertz CT molecular complexity index is 707. The van der Waals surface area contributed by atoms with Crippen LogP contribution in [0.25, 0.3) is 0 Å². The zero-order valence-corrected chi connectivity index (χ0v) is 19.8. The minimum Gasteiger partial charge on any atom is -0.494 e. The maximum absolute atomic E-state index is 5.86. The summed E-state index contributed by atoms with van der Waals surface area (Å²) in [6.07, 6.45) is 16.9. The molecule has 0 atom stereocenters. The van der Waals surface area contributed by atoms with Crippen molar-refractivity contribution in [2.45, 2.75) is 97.3 Å². The van der Waals surface area contributed by atoms with Crippen molar-refractivity contribution in [3.63, 3.8) is 0 Å². The van der Waals surface area contributed by atoms with Gasteiger partial charge in [-0.3, -0.25) is 0 Å². The van der Waals surface area contributed by atoms with Crippen molar-refractivity contribution < 1.29 is 4.74 Å². The number of hydrogen-bond acceptors (Lipinski definition) is 3. The number of hydrogen-bond donors (Lipinski definition) is 0. The minimum absolute atomic E-state index is 0.792. The summed E-state index contributed by atoms with van der Waals surface area (Å²) in [6, 6.07) is 16.4. The Hall–Kier alpha value is -2.16. The highest BCUT2D eigenvalue weighted by Crippen LogP contribution is 2.22. The molecule has 0 heterocycles. The Labute approximate surface area is 190 Å². The van der Waals surface area contributed by atoms with E-state index in [0.717, 1.165) is 36.6 Å². The summed E-state index contributed by atoms with van der Waals surface area (Å²) in [5.41, 5.74) is 3.13. The summed E-state index contributed by atoms with van der Waals surface area (Å²) in [4.78, 5) is 0. The molecule has 3 heteroatoms. The van der Waals surface area contributed by atoms with E-state index in [0.29, 0.717) is 0 Å². The Morgan fingerprint density at radius 3 is 1.61 bits per heavy atom. The summed E-state index contributed by atoms with van der Waals surface area (Å²) < 4.78 is 5.86. The fraction of sp³-hybridized carbons (Fsp3) is 0.571. The van der Waals surface area contributed by atoms with E-state index in [1.165, 1.54) is 76.2 Å². The molecule has 0 aliphatic rings. The molecule has 0 spiro atoms. The van der Waals surface area contributed by atoms with Gasteiger partial charge in [0, 0.05) is 0 Å². The highest BCUT2D eigenvalue weighted by Gasteiger charge is 1.98. The molecule has 0 aliphatic carbocycles. The van der Waals surface area contributed by atoms with E-state index in [1.54, 1.807) is 0 Å². The van der Waals surface area contributed by atoms with Gasteiger partial charge in [-0.15, -0.1) is 0 Å².